The van der Waals surface area contributed by atoms with E-state index < -0.39 is 24.4 Å². The van der Waals surface area contributed by atoms with Crippen molar-refractivity contribution in [2.24, 2.45) is 5.10 Å². The number of ether oxygens (including phenoxy) is 1. The monoisotopic (exact) mass is 409 g/mol. The van der Waals surface area contributed by atoms with Gasteiger partial charge in [0.1, 0.15) is 5.75 Å². The molecule has 0 radical (unpaired) electrons. The van der Waals surface area contributed by atoms with Crippen molar-refractivity contribution < 1.29 is 24.2 Å². The van der Waals surface area contributed by atoms with Crippen LogP contribution in [0, 0.1) is 0 Å². The molecular weight excluding hydrogens is 397 g/mol. The maximum atomic E-state index is 11.8. The number of aliphatic carboxylic acids is 1. The van der Waals surface area contributed by atoms with Gasteiger partial charge in [-0.15, -0.1) is 0 Å². The number of rotatable bonds is 6. The van der Waals surface area contributed by atoms with Crippen molar-refractivity contribution in [2.45, 2.75) is 0 Å². The summed E-state index contributed by atoms with van der Waals surface area (Å²) in [6.07, 6.45) is 1.31. The van der Waals surface area contributed by atoms with Crippen LogP contribution in [-0.2, 0) is 14.4 Å². The minimum Gasteiger partial charge on any atom is -0.482 e. The molecule has 10 heteroatoms. The lowest BCUT2D eigenvalue weighted by Crippen LogP contribution is -2.32. The molecule has 0 saturated heterocycles. The Hall–Kier alpha value is -3.10. The van der Waals surface area contributed by atoms with E-state index in [-0.39, 0.29) is 5.02 Å². The summed E-state index contributed by atoms with van der Waals surface area (Å²) in [4.78, 5) is 33.9. The van der Waals surface area contributed by atoms with Crippen LogP contribution in [0.3, 0.4) is 0 Å². The van der Waals surface area contributed by atoms with Gasteiger partial charge in [-0.1, -0.05) is 23.2 Å². The average Bonchev–Trinajstić information content (AvgIpc) is 2.64. The van der Waals surface area contributed by atoms with Crippen LogP contribution in [0.2, 0.25) is 10.0 Å². The highest BCUT2D eigenvalue weighted by molar-refractivity contribution is 6.42. The van der Waals surface area contributed by atoms with E-state index in [1.807, 2.05) is 0 Å². The molecule has 2 aromatic carbocycles. The molecule has 140 valence electrons. The number of halogens is 2. The molecule has 2 rings (SSSR count). The average molecular weight is 410 g/mol. The van der Waals surface area contributed by atoms with Crippen molar-refractivity contribution in [2.75, 3.05) is 11.9 Å². The number of hydrogen-bond donors (Lipinski definition) is 3. The Morgan fingerprint density at radius 3 is 2.37 bits per heavy atom. The van der Waals surface area contributed by atoms with Gasteiger partial charge >= 0.3 is 17.8 Å². The van der Waals surface area contributed by atoms with Gasteiger partial charge in [0.05, 0.1) is 16.3 Å². The molecule has 2 aromatic rings. The largest absolute Gasteiger partial charge is 0.482 e. The van der Waals surface area contributed by atoms with E-state index in [4.69, 9.17) is 33.0 Å². The Bertz CT molecular complexity index is 885. The van der Waals surface area contributed by atoms with E-state index in [0.29, 0.717) is 22.0 Å². The fourth-order valence-corrected chi connectivity index (χ4v) is 2.07. The first kappa shape index (κ1) is 20.2. The molecule has 0 aliphatic carbocycles. The Morgan fingerprint density at radius 1 is 1.04 bits per heavy atom. The number of hydrogen-bond acceptors (Lipinski definition) is 5. The molecule has 0 aliphatic heterocycles. The standard InChI is InChI=1S/C17H13Cl2N3O5/c18-13-6-3-11(7-14(13)19)21-16(25)17(26)22-20-8-10-1-4-12(5-2-10)27-9-15(23)24/h1-8H,9H2,(H,21,25)(H,22,26)(H,23,24). The molecule has 0 aliphatic rings. The molecule has 2 amide bonds. The normalized spacial score (nSPS) is 10.4. The maximum Gasteiger partial charge on any atom is 0.341 e. The summed E-state index contributed by atoms with van der Waals surface area (Å²) in [6.45, 7) is -0.447. The van der Waals surface area contributed by atoms with E-state index >= 15 is 0 Å². The molecular formula is C17H13Cl2N3O5. The lowest BCUT2D eigenvalue weighted by atomic mass is 10.2. The van der Waals surface area contributed by atoms with E-state index in [1.54, 1.807) is 24.3 Å². The lowest BCUT2D eigenvalue weighted by molar-refractivity contribution is -0.139. The van der Waals surface area contributed by atoms with Gasteiger partial charge in [0.2, 0.25) is 0 Å². The number of carbonyl (C=O) groups is 3. The fraction of sp³-hybridized carbons (Fsp3) is 0.0588. The van der Waals surface area contributed by atoms with Crippen molar-refractivity contribution in [3.63, 3.8) is 0 Å². The number of hydrazone groups is 1. The maximum absolute atomic E-state index is 11.8. The van der Waals surface area contributed by atoms with Crippen LogP contribution >= 0.6 is 23.2 Å². The number of benzene rings is 2. The molecule has 0 spiro atoms. The molecule has 8 nitrogen and oxygen atoms in total. The number of nitrogens with one attached hydrogen (secondary N) is 2. The molecule has 0 atom stereocenters. The van der Waals surface area contributed by atoms with Gasteiger partial charge in [0.25, 0.3) is 0 Å². The predicted octanol–water partition coefficient (Wildman–Crippen LogP) is 2.55. The van der Waals surface area contributed by atoms with Crippen LogP contribution in [0.4, 0.5) is 5.69 Å². The quantitative estimate of drug-likeness (QED) is 0.385. The molecule has 0 bridgehead atoms. The molecule has 27 heavy (non-hydrogen) atoms. The first-order chi connectivity index (χ1) is 12.8. The third kappa shape index (κ3) is 6.61. The highest BCUT2D eigenvalue weighted by atomic mass is 35.5. The van der Waals surface area contributed by atoms with Crippen LogP contribution in [0.1, 0.15) is 5.56 Å². The highest BCUT2D eigenvalue weighted by Crippen LogP contribution is 2.24. The summed E-state index contributed by atoms with van der Waals surface area (Å²) < 4.78 is 4.98. The summed E-state index contributed by atoms with van der Waals surface area (Å²) in [5, 5.41) is 15.1. The van der Waals surface area contributed by atoms with Gasteiger partial charge in [-0.2, -0.15) is 5.10 Å². The van der Waals surface area contributed by atoms with Crippen molar-refractivity contribution in [3.05, 3.63) is 58.1 Å². The SMILES string of the molecule is O=C(O)COc1ccc(C=NNC(=O)C(=O)Nc2ccc(Cl)c(Cl)c2)cc1. The first-order valence-electron chi connectivity index (χ1n) is 7.39. The Kier molecular flexibility index (Phi) is 7.16. The summed E-state index contributed by atoms with van der Waals surface area (Å²) in [7, 11) is 0. The second-order valence-corrected chi connectivity index (χ2v) is 5.85. The fourth-order valence-electron chi connectivity index (χ4n) is 1.77. The third-order valence-electron chi connectivity index (χ3n) is 3.01. The van der Waals surface area contributed by atoms with Crippen LogP contribution in [0.25, 0.3) is 0 Å². The summed E-state index contributed by atoms with van der Waals surface area (Å²) in [5.74, 6) is -2.61. The highest BCUT2D eigenvalue weighted by Gasteiger charge is 2.13. The number of amides is 2. The smallest absolute Gasteiger partial charge is 0.341 e. The second kappa shape index (κ2) is 9.56. The summed E-state index contributed by atoms with van der Waals surface area (Å²) in [5.41, 5.74) is 2.99. The van der Waals surface area contributed by atoms with E-state index in [2.05, 4.69) is 15.8 Å². The Labute approximate surface area is 163 Å². The number of anilines is 1. The lowest BCUT2D eigenvalue weighted by Gasteiger charge is -2.05. The molecule has 3 N–H and O–H groups in total. The van der Waals surface area contributed by atoms with Crippen LogP contribution in [0.15, 0.2) is 47.6 Å². The molecule has 0 heterocycles. The van der Waals surface area contributed by atoms with Crippen molar-refractivity contribution in [3.8, 4) is 5.75 Å². The minimum atomic E-state index is -1.08. The molecule has 0 saturated carbocycles. The van der Waals surface area contributed by atoms with Gasteiger partial charge in [-0.05, 0) is 48.0 Å². The Balaban J connectivity index is 1.85. The number of carboxylic acids is 1. The Morgan fingerprint density at radius 2 is 1.74 bits per heavy atom. The molecule has 0 aromatic heterocycles. The van der Waals surface area contributed by atoms with Gasteiger partial charge in [-0.3, -0.25) is 9.59 Å². The van der Waals surface area contributed by atoms with Gasteiger partial charge in [0.15, 0.2) is 6.61 Å². The zero-order valence-electron chi connectivity index (χ0n) is 13.6. The number of carbonyl (C=O) groups excluding carboxylic acids is 2. The van der Waals surface area contributed by atoms with Gasteiger partial charge in [0, 0.05) is 5.69 Å². The van der Waals surface area contributed by atoms with E-state index in [0.717, 1.165) is 0 Å². The van der Waals surface area contributed by atoms with Crippen LogP contribution < -0.4 is 15.5 Å². The van der Waals surface area contributed by atoms with Crippen molar-refractivity contribution in [1.82, 2.24) is 5.43 Å². The third-order valence-corrected chi connectivity index (χ3v) is 3.74. The van der Waals surface area contributed by atoms with Gasteiger partial charge < -0.3 is 15.2 Å². The second-order valence-electron chi connectivity index (χ2n) is 5.03. The first-order valence-corrected chi connectivity index (χ1v) is 8.15. The predicted molar refractivity (Wildman–Crippen MR) is 100 cm³/mol. The van der Waals surface area contributed by atoms with E-state index in [9.17, 15) is 14.4 Å². The summed E-state index contributed by atoms with van der Waals surface area (Å²) >= 11 is 11.6. The molecule has 0 fully saturated rings. The summed E-state index contributed by atoms with van der Waals surface area (Å²) in [6, 6.07) is 10.7. The van der Waals surface area contributed by atoms with Crippen molar-refractivity contribution >= 4 is 52.9 Å². The topological polar surface area (TPSA) is 117 Å². The number of nitrogens with zero attached hydrogens (tertiary/aromatic N) is 1. The molecule has 0 unspecified atom stereocenters. The zero-order chi connectivity index (χ0) is 19.8. The van der Waals surface area contributed by atoms with Crippen molar-refractivity contribution in [1.29, 1.82) is 0 Å². The van der Waals surface area contributed by atoms with Gasteiger partial charge in [-0.25, -0.2) is 10.2 Å². The van der Waals surface area contributed by atoms with Crippen LogP contribution in [-0.4, -0.2) is 35.7 Å². The number of carboxylic acid groups (broad SMARTS) is 1. The van der Waals surface area contributed by atoms with E-state index in [1.165, 1.54) is 24.4 Å². The van der Waals surface area contributed by atoms with Crippen LogP contribution in [0.5, 0.6) is 5.75 Å². The minimum absolute atomic E-state index is 0.240. The zero-order valence-corrected chi connectivity index (χ0v) is 15.1.